The molecule has 0 aromatic carbocycles. The van der Waals surface area contributed by atoms with Gasteiger partial charge in [0.2, 0.25) is 0 Å². The maximum absolute atomic E-state index is 9.01. The zero-order valence-corrected chi connectivity index (χ0v) is 6.55. The van der Waals surface area contributed by atoms with Crippen molar-refractivity contribution in [3.8, 4) is 0 Å². The monoisotopic (exact) mass is 161 g/mol. The van der Waals surface area contributed by atoms with E-state index in [1.54, 1.807) is 13.1 Å². The summed E-state index contributed by atoms with van der Waals surface area (Å²) >= 11 is 4.10. The molecule has 2 atom stereocenters. The standard InChI is InChI=1S/C5H11N3OS/c1-4(9)8-3-2-5(10)6-7-8/h2-7,9-10H,1H3. The van der Waals surface area contributed by atoms with Crippen LogP contribution in [0, 0.1) is 0 Å². The highest BCUT2D eigenvalue weighted by molar-refractivity contribution is 7.81. The second kappa shape index (κ2) is 3.25. The molecular formula is C5H11N3OS. The Morgan fingerprint density at radius 3 is 2.90 bits per heavy atom. The highest BCUT2D eigenvalue weighted by Gasteiger charge is 2.10. The summed E-state index contributed by atoms with van der Waals surface area (Å²) < 4.78 is 0. The number of rotatable bonds is 1. The Morgan fingerprint density at radius 2 is 2.50 bits per heavy atom. The fourth-order valence-electron chi connectivity index (χ4n) is 0.618. The molecule has 0 aromatic rings. The molecule has 4 nitrogen and oxygen atoms in total. The van der Waals surface area contributed by atoms with Gasteiger partial charge in [-0.05, 0) is 13.0 Å². The van der Waals surface area contributed by atoms with Gasteiger partial charge in [0.1, 0.15) is 6.23 Å². The lowest BCUT2D eigenvalue weighted by Gasteiger charge is -2.29. The first kappa shape index (κ1) is 7.87. The first-order chi connectivity index (χ1) is 4.70. The zero-order chi connectivity index (χ0) is 7.56. The molecule has 1 rings (SSSR count). The number of nitrogens with one attached hydrogen (secondary N) is 2. The normalized spacial score (nSPS) is 28.7. The predicted molar refractivity (Wildman–Crippen MR) is 41.7 cm³/mol. The number of hydrogen-bond donors (Lipinski definition) is 4. The molecule has 3 N–H and O–H groups in total. The van der Waals surface area contributed by atoms with Gasteiger partial charge in [0.05, 0.1) is 5.37 Å². The van der Waals surface area contributed by atoms with Gasteiger partial charge in [-0.1, -0.05) is 0 Å². The Labute approximate surface area is 65.3 Å². The average molecular weight is 161 g/mol. The van der Waals surface area contributed by atoms with E-state index < -0.39 is 6.23 Å². The fraction of sp³-hybridized carbons (Fsp3) is 0.600. The molecule has 2 unspecified atom stereocenters. The summed E-state index contributed by atoms with van der Waals surface area (Å²) in [5.74, 6) is 0. The van der Waals surface area contributed by atoms with E-state index in [2.05, 4.69) is 23.6 Å². The van der Waals surface area contributed by atoms with Crippen LogP contribution in [0.3, 0.4) is 0 Å². The summed E-state index contributed by atoms with van der Waals surface area (Å²) in [6.07, 6.45) is 3.02. The molecule has 0 spiro atoms. The third kappa shape index (κ3) is 1.88. The van der Waals surface area contributed by atoms with Crippen LogP contribution in [0.5, 0.6) is 0 Å². The molecule has 58 valence electrons. The molecule has 0 aliphatic carbocycles. The fourth-order valence-corrected chi connectivity index (χ4v) is 0.753. The molecule has 0 fully saturated rings. The van der Waals surface area contributed by atoms with Gasteiger partial charge in [-0.3, -0.25) is 5.01 Å². The summed E-state index contributed by atoms with van der Waals surface area (Å²) in [4.78, 5) is 0. The molecule has 0 amide bonds. The second-order valence-electron chi connectivity index (χ2n) is 2.08. The Kier molecular flexibility index (Phi) is 2.56. The van der Waals surface area contributed by atoms with Crippen molar-refractivity contribution in [2.75, 3.05) is 0 Å². The molecule has 0 aromatic heterocycles. The van der Waals surface area contributed by atoms with Crippen molar-refractivity contribution < 1.29 is 5.11 Å². The Bertz CT molecular complexity index is 139. The average Bonchev–Trinajstić information content (AvgIpc) is 1.88. The number of aliphatic hydroxyl groups excluding tert-OH is 1. The number of hydrogen-bond acceptors (Lipinski definition) is 5. The minimum absolute atomic E-state index is 0.00926. The SMILES string of the molecule is CC(O)N1C=CC(S)NN1. The molecule has 0 saturated heterocycles. The number of nitrogens with zero attached hydrogens (tertiary/aromatic N) is 1. The van der Waals surface area contributed by atoms with Gasteiger partial charge in [-0.25, -0.2) is 5.43 Å². The lowest BCUT2D eigenvalue weighted by Crippen LogP contribution is -2.53. The Balaban J connectivity index is 2.45. The van der Waals surface area contributed by atoms with Crippen LogP contribution in [0.15, 0.2) is 12.3 Å². The lowest BCUT2D eigenvalue weighted by atomic mass is 10.5. The Hall–Kier alpha value is -0.230. The molecule has 0 bridgehead atoms. The molecular weight excluding hydrogens is 150 g/mol. The summed E-state index contributed by atoms with van der Waals surface area (Å²) in [6.45, 7) is 1.66. The zero-order valence-electron chi connectivity index (χ0n) is 5.65. The van der Waals surface area contributed by atoms with E-state index in [1.807, 2.05) is 6.08 Å². The van der Waals surface area contributed by atoms with Crippen LogP contribution in [0.1, 0.15) is 6.92 Å². The maximum Gasteiger partial charge on any atom is 0.138 e. The van der Waals surface area contributed by atoms with Crippen LogP contribution in [0.2, 0.25) is 0 Å². The van der Waals surface area contributed by atoms with Crippen LogP contribution in [-0.4, -0.2) is 21.7 Å². The molecule has 1 heterocycles. The van der Waals surface area contributed by atoms with E-state index in [0.29, 0.717) is 0 Å². The van der Waals surface area contributed by atoms with E-state index in [0.717, 1.165) is 0 Å². The molecule has 1 aliphatic heterocycles. The molecule has 10 heavy (non-hydrogen) atoms. The van der Waals surface area contributed by atoms with Gasteiger partial charge >= 0.3 is 0 Å². The summed E-state index contributed by atoms with van der Waals surface area (Å²) in [7, 11) is 0. The smallest absolute Gasteiger partial charge is 0.138 e. The van der Waals surface area contributed by atoms with Crippen LogP contribution in [-0.2, 0) is 0 Å². The van der Waals surface area contributed by atoms with Crippen molar-refractivity contribution in [2.45, 2.75) is 18.5 Å². The predicted octanol–water partition coefficient (Wildman–Crippen LogP) is -0.581. The van der Waals surface area contributed by atoms with Crippen molar-refractivity contribution in [1.82, 2.24) is 16.0 Å². The van der Waals surface area contributed by atoms with Crippen LogP contribution >= 0.6 is 12.6 Å². The first-order valence-corrected chi connectivity index (χ1v) is 3.56. The molecule has 0 radical (unpaired) electrons. The van der Waals surface area contributed by atoms with Gasteiger partial charge < -0.3 is 5.11 Å². The van der Waals surface area contributed by atoms with E-state index in [9.17, 15) is 0 Å². The molecule has 0 saturated carbocycles. The van der Waals surface area contributed by atoms with Crippen molar-refractivity contribution in [3.63, 3.8) is 0 Å². The summed E-state index contributed by atoms with van der Waals surface area (Å²) in [5.41, 5.74) is 5.55. The second-order valence-corrected chi connectivity index (χ2v) is 2.64. The highest BCUT2D eigenvalue weighted by Crippen LogP contribution is 2.00. The van der Waals surface area contributed by atoms with Gasteiger partial charge in [-0.15, -0.1) is 0 Å². The van der Waals surface area contributed by atoms with Gasteiger partial charge in [0.25, 0.3) is 0 Å². The minimum atomic E-state index is -0.537. The quantitative estimate of drug-likeness (QED) is 0.389. The van der Waals surface area contributed by atoms with Gasteiger partial charge in [0.15, 0.2) is 0 Å². The van der Waals surface area contributed by atoms with E-state index in [4.69, 9.17) is 5.11 Å². The highest BCUT2D eigenvalue weighted by atomic mass is 32.1. The molecule has 5 heteroatoms. The summed E-state index contributed by atoms with van der Waals surface area (Å²) in [5, 5.41) is 10.6. The van der Waals surface area contributed by atoms with Crippen molar-refractivity contribution in [1.29, 1.82) is 0 Å². The van der Waals surface area contributed by atoms with Crippen LogP contribution in [0.4, 0.5) is 0 Å². The topological polar surface area (TPSA) is 47.5 Å². The third-order valence-corrected chi connectivity index (χ3v) is 1.47. The Morgan fingerprint density at radius 1 is 1.80 bits per heavy atom. The maximum atomic E-state index is 9.01. The van der Waals surface area contributed by atoms with E-state index in [-0.39, 0.29) is 5.37 Å². The van der Waals surface area contributed by atoms with E-state index in [1.165, 1.54) is 5.01 Å². The summed E-state index contributed by atoms with van der Waals surface area (Å²) in [6, 6.07) is 0. The van der Waals surface area contributed by atoms with Gasteiger partial charge in [-0.2, -0.15) is 18.2 Å². The lowest BCUT2D eigenvalue weighted by molar-refractivity contribution is 0.00133. The van der Waals surface area contributed by atoms with E-state index >= 15 is 0 Å². The largest absolute Gasteiger partial charge is 0.372 e. The number of thiol groups is 1. The molecule has 1 aliphatic rings. The van der Waals surface area contributed by atoms with Crippen molar-refractivity contribution in [2.24, 2.45) is 0 Å². The van der Waals surface area contributed by atoms with Crippen LogP contribution < -0.4 is 11.0 Å². The van der Waals surface area contributed by atoms with Gasteiger partial charge in [0, 0.05) is 6.20 Å². The minimum Gasteiger partial charge on any atom is -0.372 e. The third-order valence-electron chi connectivity index (χ3n) is 1.17. The van der Waals surface area contributed by atoms with Crippen molar-refractivity contribution in [3.05, 3.63) is 12.3 Å². The number of hydrazine groups is 2. The number of aliphatic hydroxyl groups is 1. The van der Waals surface area contributed by atoms with Crippen LogP contribution in [0.25, 0.3) is 0 Å². The van der Waals surface area contributed by atoms with Crippen molar-refractivity contribution >= 4 is 12.6 Å². The first-order valence-electron chi connectivity index (χ1n) is 3.04.